The SMILES string of the molecule is COc1ncnc(OC2CC2)c1-c1cn(SF)c2nc(N)ccc12. The van der Waals surface area contributed by atoms with E-state index >= 15 is 0 Å². The number of halogens is 1. The zero-order valence-corrected chi connectivity index (χ0v) is 13.6. The summed E-state index contributed by atoms with van der Waals surface area (Å²) in [6.45, 7) is 0. The van der Waals surface area contributed by atoms with Crippen molar-refractivity contribution in [1.29, 1.82) is 0 Å². The maximum absolute atomic E-state index is 13.3. The zero-order chi connectivity index (χ0) is 16.7. The molecule has 24 heavy (non-hydrogen) atoms. The molecule has 1 aliphatic rings. The number of nitrogen functional groups attached to an aromatic ring is 1. The lowest BCUT2D eigenvalue weighted by Crippen LogP contribution is -2.03. The smallest absolute Gasteiger partial charge is 0.228 e. The first-order valence-electron chi connectivity index (χ1n) is 7.34. The van der Waals surface area contributed by atoms with Crippen LogP contribution in [0.4, 0.5) is 9.70 Å². The van der Waals surface area contributed by atoms with Crippen molar-refractivity contribution in [3.8, 4) is 22.9 Å². The van der Waals surface area contributed by atoms with Gasteiger partial charge in [-0.2, -0.15) is 0 Å². The Hall–Kier alpha value is -2.55. The van der Waals surface area contributed by atoms with E-state index < -0.39 is 0 Å². The van der Waals surface area contributed by atoms with E-state index in [-0.39, 0.29) is 18.4 Å². The van der Waals surface area contributed by atoms with E-state index in [2.05, 4.69) is 15.0 Å². The summed E-state index contributed by atoms with van der Waals surface area (Å²) in [6.07, 6.45) is 5.14. The van der Waals surface area contributed by atoms with Crippen molar-refractivity contribution in [2.45, 2.75) is 18.9 Å². The van der Waals surface area contributed by atoms with Gasteiger partial charge < -0.3 is 15.2 Å². The molecule has 0 amide bonds. The number of nitrogens with two attached hydrogens (primary N) is 1. The second-order valence-electron chi connectivity index (χ2n) is 5.43. The minimum absolute atomic E-state index is 0.0442. The maximum atomic E-state index is 13.3. The molecule has 1 fully saturated rings. The van der Waals surface area contributed by atoms with Crippen molar-refractivity contribution in [1.82, 2.24) is 18.9 Å². The van der Waals surface area contributed by atoms with E-state index in [1.54, 1.807) is 18.3 Å². The zero-order valence-electron chi connectivity index (χ0n) is 12.8. The van der Waals surface area contributed by atoms with Gasteiger partial charge >= 0.3 is 0 Å². The van der Waals surface area contributed by atoms with Gasteiger partial charge in [-0.05, 0) is 25.0 Å². The lowest BCUT2D eigenvalue weighted by molar-refractivity contribution is 0.288. The van der Waals surface area contributed by atoms with Crippen LogP contribution in [-0.2, 0) is 0 Å². The second-order valence-corrected chi connectivity index (χ2v) is 5.96. The molecule has 2 N–H and O–H groups in total. The van der Waals surface area contributed by atoms with Crippen LogP contribution in [0.3, 0.4) is 0 Å². The van der Waals surface area contributed by atoms with Crippen LogP contribution in [0.5, 0.6) is 11.8 Å². The van der Waals surface area contributed by atoms with Gasteiger partial charge in [0, 0.05) is 17.1 Å². The molecule has 4 rings (SSSR count). The highest BCUT2D eigenvalue weighted by molar-refractivity contribution is 7.92. The van der Waals surface area contributed by atoms with Crippen LogP contribution in [0.25, 0.3) is 22.2 Å². The molecule has 0 bridgehead atoms. The van der Waals surface area contributed by atoms with Gasteiger partial charge in [-0.3, -0.25) is 0 Å². The molecule has 0 aliphatic heterocycles. The lowest BCUT2D eigenvalue weighted by atomic mass is 10.1. The Balaban J connectivity index is 1.96. The summed E-state index contributed by atoms with van der Waals surface area (Å²) in [7, 11) is 1.52. The van der Waals surface area contributed by atoms with Crippen LogP contribution in [-0.4, -0.2) is 32.1 Å². The molecule has 3 heterocycles. The standard InChI is InChI=1S/C15H14FN5O2S/c1-22-14-12(15(19-7-18-14)23-8-2-3-8)10-6-21(24-16)13-9(10)4-5-11(17)20-13/h4-8H,2-3H2,1H3,(H2,17,20). The van der Waals surface area contributed by atoms with E-state index in [1.807, 2.05) is 0 Å². The van der Waals surface area contributed by atoms with E-state index in [1.165, 1.54) is 17.4 Å². The number of pyridine rings is 1. The lowest BCUT2D eigenvalue weighted by Gasteiger charge is -2.11. The molecule has 0 aromatic carbocycles. The van der Waals surface area contributed by atoms with Gasteiger partial charge in [0.15, 0.2) is 18.0 Å². The fraction of sp³-hybridized carbons (Fsp3) is 0.267. The number of aromatic nitrogens is 4. The van der Waals surface area contributed by atoms with Gasteiger partial charge in [-0.1, -0.05) is 0 Å². The maximum Gasteiger partial charge on any atom is 0.228 e. The summed E-state index contributed by atoms with van der Waals surface area (Å²) in [5.41, 5.74) is 7.40. The van der Waals surface area contributed by atoms with Crippen LogP contribution >= 0.6 is 12.3 Å². The average molecular weight is 347 g/mol. The van der Waals surface area contributed by atoms with E-state index in [0.717, 1.165) is 12.8 Å². The quantitative estimate of drug-likeness (QED) is 0.759. The Morgan fingerprint density at radius 2 is 2.08 bits per heavy atom. The predicted octanol–water partition coefficient (Wildman–Crippen LogP) is 3.01. The highest BCUT2D eigenvalue weighted by Crippen LogP contribution is 2.42. The van der Waals surface area contributed by atoms with E-state index in [9.17, 15) is 3.89 Å². The summed E-state index contributed by atoms with van der Waals surface area (Å²) in [5.74, 6) is 1.10. The molecule has 0 spiro atoms. The molecule has 0 atom stereocenters. The third kappa shape index (κ3) is 2.50. The molecule has 0 unspecified atom stereocenters. The summed E-state index contributed by atoms with van der Waals surface area (Å²) in [5, 5.41) is 0.711. The topological polar surface area (TPSA) is 88.1 Å². The number of ether oxygens (including phenoxy) is 2. The predicted molar refractivity (Wildman–Crippen MR) is 89.5 cm³/mol. The molecular formula is C15H14FN5O2S. The summed E-state index contributed by atoms with van der Waals surface area (Å²) in [4.78, 5) is 12.6. The van der Waals surface area contributed by atoms with Gasteiger partial charge in [-0.25, -0.2) is 18.9 Å². The van der Waals surface area contributed by atoms with E-state index in [0.29, 0.717) is 39.7 Å². The first kappa shape index (κ1) is 15.0. The molecule has 1 saturated carbocycles. The van der Waals surface area contributed by atoms with Crippen LogP contribution < -0.4 is 15.2 Å². The molecule has 0 saturated heterocycles. The Bertz CT molecular complexity index is 912. The first-order valence-corrected chi connectivity index (χ1v) is 8.01. The molecule has 124 valence electrons. The molecule has 3 aromatic heterocycles. The monoisotopic (exact) mass is 347 g/mol. The fourth-order valence-corrected chi connectivity index (χ4v) is 2.86. The summed E-state index contributed by atoms with van der Waals surface area (Å²) in [6, 6.07) is 3.45. The van der Waals surface area contributed by atoms with Gasteiger partial charge in [0.1, 0.15) is 23.8 Å². The van der Waals surface area contributed by atoms with Crippen molar-refractivity contribution >= 4 is 29.2 Å². The minimum Gasteiger partial charge on any atom is -0.480 e. The number of fused-ring (bicyclic) bond motifs is 1. The second kappa shape index (κ2) is 5.82. The Morgan fingerprint density at radius 3 is 2.79 bits per heavy atom. The Labute approximate surface area is 141 Å². The summed E-state index contributed by atoms with van der Waals surface area (Å²) < 4.78 is 25.9. The normalized spacial score (nSPS) is 14.1. The molecule has 0 radical (unpaired) electrons. The van der Waals surface area contributed by atoms with Crippen LogP contribution in [0.2, 0.25) is 0 Å². The number of hydrogen-bond donors (Lipinski definition) is 1. The molecule has 7 nitrogen and oxygen atoms in total. The third-order valence-electron chi connectivity index (χ3n) is 3.76. The number of nitrogens with zero attached hydrogens (tertiary/aromatic N) is 4. The van der Waals surface area contributed by atoms with Gasteiger partial charge in [-0.15, -0.1) is 3.89 Å². The molecular weight excluding hydrogens is 333 g/mol. The van der Waals surface area contributed by atoms with Crippen LogP contribution in [0.1, 0.15) is 12.8 Å². The fourth-order valence-electron chi connectivity index (χ4n) is 2.51. The molecule has 3 aromatic rings. The number of methoxy groups -OCH3 is 1. The third-order valence-corrected chi connectivity index (χ3v) is 4.19. The van der Waals surface area contributed by atoms with Crippen molar-refractivity contribution in [2.75, 3.05) is 12.8 Å². The van der Waals surface area contributed by atoms with Gasteiger partial charge in [0.2, 0.25) is 11.8 Å². The number of anilines is 1. The van der Waals surface area contributed by atoms with Crippen molar-refractivity contribution in [3.05, 3.63) is 24.7 Å². The molecule has 9 heteroatoms. The van der Waals surface area contributed by atoms with Crippen molar-refractivity contribution < 1.29 is 13.4 Å². The Kier molecular flexibility index (Phi) is 3.64. The highest BCUT2D eigenvalue weighted by Gasteiger charge is 2.28. The minimum atomic E-state index is 0.0442. The van der Waals surface area contributed by atoms with Crippen molar-refractivity contribution in [2.24, 2.45) is 0 Å². The highest BCUT2D eigenvalue weighted by atomic mass is 32.2. The van der Waals surface area contributed by atoms with Crippen molar-refractivity contribution in [3.63, 3.8) is 0 Å². The number of hydrogen-bond acceptors (Lipinski definition) is 7. The Morgan fingerprint density at radius 1 is 1.29 bits per heavy atom. The van der Waals surface area contributed by atoms with Crippen LogP contribution in [0.15, 0.2) is 24.7 Å². The van der Waals surface area contributed by atoms with E-state index in [4.69, 9.17) is 15.2 Å². The number of rotatable bonds is 5. The molecule has 1 aliphatic carbocycles. The van der Waals surface area contributed by atoms with Gasteiger partial charge in [0.25, 0.3) is 0 Å². The first-order chi connectivity index (χ1) is 11.7. The van der Waals surface area contributed by atoms with Gasteiger partial charge in [0.05, 0.1) is 7.11 Å². The average Bonchev–Trinajstić information content (AvgIpc) is 3.34. The largest absolute Gasteiger partial charge is 0.480 e. The summed E-state index contributed by atoms with van der Waals surface area (Å²) >= 11 is 0.0442. The van der Waals surface area contributed by atoms with Crippen LogP contribution in [0, 0.1) is 0 Å².